The number of halogens is 1. The first-order chi connectivity index (χ1) is 30.9. The fraction of sp³-hybridized carbons (Fsp3) is 0.500. The van der Waals surface area contributed by atoms with Crippen molar-refractivity contribution in [3.8, 4) is 0 Å². The van der Waals surface area contributed by atoms with Gasteiger partial charge in [0.25, 0.3) is 5.91 Å². The number of fused-ring (bicyclic) bond motifs is 1. The highest BCUT2D eigenvalue weighted by Crippen LogP contribution is 2.29. The minimum absolute atomic E-state index is 0.0266. The van der Waals surface area contributed by atoms with Crippen LogP contribution in [-0.2, 0) is 27.1 Å². The second-order valence-electron chi connectivity index (χ2n) is 16.2. The number of ether oxygens (including phenoxy) is 2. The maximum atomic E-state index is 12.6. The molecule has 18 heteroatoms. The van der Waals surface area contributed by atoms with Crippen molar-refractivity contribution in [1.82, 2.24) is 25.5 Å². The van der Waals surface area contributed by atoms with Crippen molar-refractivity contribution in [1.29, 1.82) is 0 Å². The molecule has 0 saturated carbocycles. The lowest BCUT2D eigenvalue weighted by Crippen LogP contribution is -2.54. The van der Waals surface area contributed by atoms with Gasteiger partial charge in [-0.2, -0.15) is 0 Å². The maximum absolute atomic E-state index is 12.6. The number of aliphatic hydroxyl groups excluding tert-OH is 3. The zero-order chi connectivity index (χ0) is 46.0. The Morgan fingerprint density at radius 1 is 0.891 bits per heavy atom. The van der Waals surface area contributed by atoms with Gasteiger partial charge in [-0.25, -0.2) is 9.97 Å². The van der Waals surface area contributed by atoms with Crippen LogP contribution in [0, 0.1) is 0 Å². The number of hydrogen-bond donors (Lipinski definition) is 9. The van der Waals surface area contributed by atoms with Crippen molar-refractivity contribution in [2.75, 3.05) is 50.8 Å². The molecule has 6 atom stereocenters. The van der Waals surface area contributed by atoms with E-state index >= 15 is 0 Å². The fourth-order valence-electron chi connectivity index (χ4n) is 7.83. The summed E-state index contributed by atoms with van der Waals surface area (Å²) in [6.07, 6.45) is 2.99. The van der Waals surface area contributed by atoms with Gasteiger partial charge in [0.1, 0.15) is 18.3 Å². The Labute approximate surface area is 379 Å². The first kappa shape index (κ1) is 50.0. The van der Waals surface area contributed by atoms with E-state index in [4.69, 9.17) is 44.0 Å². The number of guanidine groups is 1. The molecule has 4 aromatic rings. The van der Waals surface area contributed by atoms with Gasteiger partial charge in [0.15, 0.2) is 34.7 Å². The van der Waals surface area contributed by atoms with Crippen LogP contribution < -0.4 is 33.6 Å². The molecule has 1 aliphatic rings. The first-order valence-corrected chi connectivity index (χ1v) is 22.5. The number of hydrogen-bond acceptors (Lipinski definition) is 14. The Morgan fingerprint density at radius 3 is 2.28 bits per heavy atom. The molecular formula is C46H65ClN10O7. The highest BCUT2D eigenvalue weighted by atomic mass is 35.5. The predicted molar refractivity (Wildman–Crippen MR) is 249 cm³/mol. The molecule has 5 rings (SSSR count). The molecule has 64 heavy (non-hydrogen) atoms. The average molecular weight is 906 g/mol. The number of aliphatic imine (C=N–C) groups is 1. The maximum Gasteiger partial charge on any atom is 0.280 e. The Hall–Kier alpha value is -4.98. The van der Waals surface area contributed by atoms with Crippen LogP contribution in [-0.4, -0.2) is 118 Å². The molecular weight excluding hydrogens is 840 g/mol. The van der Waals surface area contributed by atoms with Gasteiger partial charge in [-0.15, -0.1) is 0 Å². The Kier molecular flexibility index (Phi) is 19.9. The number of nitrogens with one attached hydrogen (secondary N) is 2. The van der Waals surface area contributed by atoms with Crippen LogP contribution in [0.15, 0.2) is 71.7 Å². The lowest BCUT2D eigenvalue weighted by Gasteiger charge is -2.38. The lowest BCUT2D eigenvalue weighted by molar-refractivity contribution is -0.283. The van der Waals surface area contributed by atoms with E-state index in [0.29, 0.717) is 38.9 Å². The third-order valence-corrected chi connectivity index (χ3v) is 11.6. The van der Waals surface area contributed by atoms with E-state index in [9.17, 15) is 24.9 Å². The number of carbonyl (C=O) groups excluding carboxylic acids is 2. The zero-order valence-electron chi connectivity index (χ0n) is 36.6. The standard InChI is InChI=1S/C46H65ClN10O7/c1-2-3-4-12-25-57(27-35(58)38(60)39-36(59)28-63-45(64-39)31-15-6-5-7-16-31)26-13-24-52-34(43(50)61)22-21-30-20-19-29(32-17-8-9-18-33(30)32)14-10-11-23-53-46(51)56-44(62)37-41(48)55-42(49)40(47)54-37/h5-9,15-20,34-36,38-39,45,52,58-60H,2-4,10-14,21-28H2,1H3,(H2,50,61)(H4,48,49,55)(H3,51,53,56,62)/t34?,35?,36-,38?,39-,45?/m1/s1. The number of amides is 2. The van der Waals surface area contributed by atoms with Gasteiger partial charge in [-0.05, 0) is 86.5 Å². The second kappa shape index (κ2) is 25.5. The van der Waals surface area contributed by atoms with E-state index in [1.807, 2.05) is 42.5 Å². The van der Waals surface area contributed by atoms with Gasteiger partial charge in [0.05, 0.1) is 18.8 Å². The minimum Gasteiger partial charge on any atom is -0.389 e. The number of unbranched alkanes of at least 4 members (excludes halogenated alkanes) is 4. The number of rotatable bonds is 25. The molecule has 2 heterocycles. The van der Waals surface area contributed by atoms with Gasteiger partial charge >= 0.3 is 0 Å². The third kappa shape index (κ3) is 14.8. The molecule has 0 bridgehead atoms. The highest BCUT2D eigenvalue weighted by molar-refractivity contribution is 6.31. The Balaban J connectivity index is 1.09. The molecule has 17 nitrogen and oxygen atoms in total. The van der Waals surface area contributed by atoms with E-state index in [1.165, 1.54) is 5.56 Å². The van der Waals surface area contributed by atoms with Crippen LogP contribution in [0.4, 0.5) is 11.6 Å². The van der Waals surface area contributed by atoms with Crippen molar-refractivity contribution in [2.24, 2.45) is 16.5 Å². The van der Waals surface area contributed by atoms with Crippen LogP contribution in [0.25, 0.3) is 10.8 Å². The Bertz CT molecular complexity index is 2130. The largest absolute Gasteiger partial charge is 0.389 e. The van der Waals surface area contributed by atoms with Crippen LogP contribution in [0.5, 0.6) is 0 Å². The van der Waals surface area contributed by atoms with Crippen molar-refractivity contribution < 1.29 is 34.4 Å². The summed E-state index contributed by atoms with van der Waals surface area (Å²) in [5.74, 6) is -1.45. The number of benzene rings is 3. The molecule has 13 N–H and O–H groups in total. The van der Waals surface area contributed by atoms with Crippen LogP contribution in [0.3, 0.4) is 0 Å². The number of primary amides is 1. The quantitative estimate of drug-likeness (QED) is 0.0262. The number of anilines is 2. The molecule has 1 fully saturated rings. The number of nitrogens with two attached hydrogens (primary N) is 4. The van der Waals surface area contributed by atoms with Gasteiger partial charge in [-0.3, -0.25) is 19.9 Å². The van der Waals surface area contributed by atoms with Crippen molar-refractivity contribution in [3.05, 3.63) is 94.3 Å². The van der Waals surface area contributed by atoms with Crippen molar-refractivity contribution in [3.63, 3.8) is 0 Å². The zero-order valence-corrected chi connectivity index (χ0v) is 37.3. The monoisotopic (exact) mass is 904 g/mol. The molecule has 0 spiro atoms. The summed E-state index contributed by atoms with van der Waals surface area (Å²) < 4.78 is 11.6. The third-order valence-electron chi connectivity index (χ3n) is 11.3. The van der Waals surface area contributed by atoms with Gasteiger partial charge in [-0.1, -0.05) is 105 Å². The van der Waals surface area contributed by atoms with E-state index in [0.717, 1.165) is 73.4 Å². The number of aryl methyl sites for hydroxylation is 2. The summed E-state index contributed by atoms with van der Waals surface area (Å²) in [5, 5.41) is 41.0. The molecule has 0 radical (unpaired) electrons. The number of nitrogens with zero attached hydrogens (tertiary/aromatic N) is 4. The molecule has 0 aliphatic carbocycles. The van der Waals surface area contributed by atoms with Crippen LogP contribution in [0.2, 0.25) is 5.15 Å². The molecule has 348 valence electrons. The van der Waals surface area contributed by atoms with Crippen molar-refractivity contribution >= 4 is 51.8 Å². The Morgan fingerprint density at radius 2 is 1.58 bits per heavy atom. The molecule has 1 saturated heterocycles. The summed E-state index contributed by atoms with van der Waals surface area (Å²) in [6.45, 7) is 4.58. The topological polar surface area (TPSA) is 283 Å². The number of nitrogen functional groups attached to an aromatic ring is 2. The summed E-state index contributed by atoms with van der Waals surface area (Å²) in [4.78, 5) is 39.2. The molecule has 3 aromatic carbocycles. The van der Waals surface area contributed by atoms with Gasteiger partial charge in [0, 0.05) is 18.7 Å². The van der Waals surface area contributed by atoms with E-state index in [-0.39, 0.29) is 41.6 Å². The first-order valence-electron chi connectivity index (χ1n) is 22.2. The normalized spacial score (nSPS) is 18.2. The number of aromatic nitrogens is 2. The lowest BCUT2D eigenvalue weighted by atomic mass is 9.93. The van der Waals surface area contributed by atoms with Crippen LogP contribution >= 0.6 is 11.6 Å². The molecule has 1 aliphatic heterocycles. The second-order valence-corrected chi connectivity index (χ2v) is 16.6. The van der Waals surface area contributed by atoms with E-state index < -0.39 is 48.6 Å². The summed E-state index contributed by atoms with van der Waals surface area (Å²) in [5.41, 5.74) is 26.0. The van der Waals surface area contributed by atoms with Gasteiger partial charge < -0.3 is 57.9 Å². The van der Waals surface area contributed by atoms with E-state index in [1.54, 1.807) is 0 Å². The summed E-state index contributed by atoms with van der Waals surface area (Å²) in [7, 11) is 0. The summed E-state index contributed by atoms with van der Waals surface area (Å²) in [6, 6.07) is 21.2. The fourth-order valence-corrected chi connectivity index (χ4v) is 7.96. The summed E-state index contributed by atoms with van der Waals surface area (Å²) >= 11 is 5.88. The predicted octanol–water partition coefficient (Wildman–Crippen LogP) is 3.36. The molecule has 1 aromatic heterocycles. The van der Waals surface area contributed by atoms with E-state index in [2.05, 4.69) is 61.7 Å². The number of aliphatic hydroxyl groups is 3. The average Bonchev–Trinajstić information content (AvgIpc) is 3.28. The number of carbonyl (C=O) groups is 2. The highest BCUT2D eigenvalue weighted by Gasteiger charge is 2.39. The molecule has 4 unspecified atom stereocenters. The minimum atomic E-state index is -1.33. The SMILES string of the molecule is CCCCCCN(CCCNC(CCc1ccc(CCCCN=C(N)NC(=O)c2nc(Cl)c(N)nc2N)c2ccccc12)C(N)=O)CC(O)C(O)[C@@H]1OC(c2ccccc2)OC[C@H]1O. The van der Waals surface area contributed by atoms with Crippen molar-refractivity contribution in [2.45, 2.75) is 108 Å². The van der Waals surface area contributed by atoms with Gasteiger partial charge in [0.2, 0.25) is 5.91 Å². The smallest absolute Gasteiger partial charge is 0.280 e. The molecule has 2 amide bonds. The van der Waals surface area contributed by atoms with Crippen LogP contribution in [0.1, 0.15) is 91.8 Å².